The minimum Gasteiger partial charge on any atom is -0.350 e. The van der Waals surface area contributed by atoms with Gasteiger partial charge in [0.15, 0.2) is 0 Å². The molecule has 2 aromatic rings. The van der Waals surface area contributed by atoms with Gasteiger partial charge in [0.2, 0.25) is 16.0 Å². The number of aromatic nitrogens is 2. The first-order valence-corrected chi connectivity index (χ1v) is 9.52. The third-order valence-electron chi connectivity index (χ3n) is 3.47. The van der Waals surface area contributed by atoms with Crippen molar-refractivity contribution in [2.75, 3.05) is 5.32 Å². The van der Waals surface area contributed by atoms with Gasteiger partial charge in [-0.25, -0.2) is 23.1 Å². The summed E-state index contributed by atoms with van der Waals surface area (Å²) in [7, 11) is -3.30. The monoisotopic (exact) mass is 348 g/mol. The summed E-state index contributed by atoms with van der Waals surface area (Å²) in [5, 5.41) is 3.17. The minimum atomic E-state index is -3.30. The van der Waals surface area contributed by atoms with Gasteiger partial charge in [-0.1, -0.05) is 24.3 Å². The largest absolute Gasteiger partial charge is 0.350 e. The molecule has 130 valence electrons. The van der Waals surface area contributed by atoms with Crippen molar-refractivity contribution < 1.29 is 8.42 Å². The molecule has 24 heavy (non-hydrogen) atoms. The second-order valence-electron chi connectivity index (χ2n) is 6.16. The fourth-order valence-electron chi connectivity index (χ4n) is 2.17. The summed E-state index contributed by atoms with van der Waals surface area (Å²) in [6, 6.07) is 7.38. The molecule has 0 spiro atoms. The maximum atomic E-state index is 11.9. The van der Waals surface area contributed by atoms with E-state index in [1.54, 1.807) is 20.0 Å². The molecule has 0 saturated carbocycles. The summed E-state index contributed by atoms with van der Waals surface area (Å²) in [4.78, 5) is 8.61. The maximum absolute atomic E-state index is 11.9. The van der Waals surface area contributed by atoms with E-state index in [4.69, 9.17) is 0 Å². The third-order valence-corrected chi connectivity index (χ3v) is 5.01. The summed E-state index contributed by atoms with van der Waals surface area (Å²) in [5.41, 5.74) is 3.80. The molecule has 0 aliphatic heterocycles. The van der Waals surface area contributed by atoms with Crippen LogP contribution in [-0.2, 0) is 22.3 Å². The van der Waals surface area contributed by atoms with Gasteiger partial charge in [0, 0.05) is 24.5 Å². The summed E-state index contributed by atoms with van der Waals surface area (Å²) in [6.45, 7) is 8.12. The van der Waals surface area contributed by atoms with Crippen molar-refractivity contribution in [1.29, 1.82) is 0 Å². The number of rotatable bonds is 7. The first-order valence-electron chi connectivity index (χ1n) is 7.87. The van der Waals surface area contributed by atoms with Crippen LogP contribution in [0.5, 0.6) is 0 Å². The van der Waals surface area contributed by atoms with Crippen molar-refractivity contribution in [2.45, 2.75) is 46.0 Å². The van der Waals surface area contributed by atoms with Gasteiger partial charge in [0.05, 0.1) is 5.75 Å². The third kappa shape index (κ3) is 5.58. The second kappa shape index (κ2) is 7.72. The molecule has 2 rings (SSSR count). The van der Waals surface area contributed by atoms with Gasteiger partial charge in [-0.05, 0) is 44.4 Å². The number of nitrogens with one attached hydrogen (secondary N) is 2. The fraction of sp³-hybridized carbons (Fsp3) is 0.412. The molecule has 0 radical (unpaired) electrons. The average molecular weight is 348 g/mol. The Hall–Kier alpha value is -1.99. The Morgan fingerprint density at radius 3 is 2.29 bits per heavy atom. The van der Waals surface area contributed by atoms with E-state index in [-0.39, 0.29) is 11.8 Å². The minimum absolute atomic E-state index is 0.0147. The van der Waals surface area contributed by atoms with Gasteiger partial charge in [0.25, 0.3) is 0 Å². The molecule has 1 aromatic carbocycles. The first-order chi connectivity index (χ1) is 11.2. The zero-order chi connectivity index (χ0) is 17.7. The van der Waals surface area contributed by atoms with E-state index in [0.717, 1.165) is 22.4 Å². The summed E-state index contributed by atoms with van der Waals surface area (Å²) in [5.74, 6) is 0.574. The fourth-order valence-corrected chi connectivity index (χ4v) is 3.60. The Morgan fingerprint density at radius 2 is 1.71 bits per heavy atom. The van der Waals surface area contributed by atoms with E-state index in [0.29, 0.717) is 12.5 Å². The molecule has 0 bridgehead atoms. The highest BCUT2D eigenvalue weighted by Gasteiger charge is 2.12. The number of nitrogens with zero attached hydrogens (tertiary/aromatic N) is 2. The van der Waals surface area contributed by atoms with Gasteiger partial charge in [0.1, 0.15) is 0 Å². The predicted molar refractivity (Wildman–Crippen MR) is 96.2 cm³/mol. The summed E-state index contributed by atoms with van der Waals surface area (Å²) >= 11 is 0. The Labute approximate surface area is 143 Å². The molecule has 0 aliphatic carbocycles. The molecule has 0 atom stereocenters. The zero-order valence-electron chi connectivity index (χ0n) is 14.5. The highest BCUT2D eigenvalue weighted by molar-refractivity contribution is 7.88. The van der Waals surface area contributed by atoms with Crippen molar-refractivity contribution in [3.05, 3.63) is 52.8 Å². The first kappa shape index (κ1) is 18.4. The quantitative estimate of drug-likeness (QED) is 0.803. The van der Waals surface area contributed by atoms with Crippen LogP contribution in [0, 0.1) is 13.8 Å². The van der Waals surface area contributed by atoms with Gasteiger partial charge in [-0.3, -0.25) is 0 Å². The van der Waals surface area contributed by atoms with E-state index >= 15 is 0 Å². The number of sulfonamides is 1. The van der Waals surface area contributed by atoms with E-state index in [1.807, 2.05) is 38.1 Å². The maximum Gasteiger partial charge on any atom is 0.223 e. The van der Waals surface area contributed by atoms with Crippen LogP contribution < -0.4 is 10.0 Å². The van der Waals surface area contributed by atoms with E-state index in [9.17, 15) is 8.42 Å². The number of aryl methyl sites for hydroxylation is 2. The highest BCUT2D eigenvalue weighted by atomic mass is 32.2. The number of anilines is 1. The lowest BCUT2D eigenvalue weighted by atomic mass is 10.1. The van der Waals surface area contributed by atoms with Crippen LogP contribution in [0.3, 0.4) is 0 Å². The van der Waals surface area contributed by atoms with Crippen molar-refractivity contribution in [2.24, 2.45) is 0 Å². The number of hydrogen-bond acceptors (Lipinski definition) is 5. The molecule has 2 N–H and O–H groups in total. The smallest absolute Gasteiger partial charge is 0.223 e. The molecule has 0 fully saturated rings. The standard InChI is InChI=1S/C17H24N4O2S/c1-12(2)21-24(22,23)11-16-7-5-15(6-8-16)10-19-17-18-9-13(3)14(4)20-17/h5-9,12,21H,10-11H2,1-4H3,(H,18,19,20). The molecule has 1 aromatic heterocycles. The van der Waals surface area contributed by atoms with Crippen molar-refractivity contribution in [3.8, 4) is 0 Å². The van der Waals surface area contributed by atoms with E-state index in [2.05, 4.69) is 20.0 Å². The van der Waals surface area contributed by atoms with Gasteiger partial charge in [-0.15, -0.1) is 0 Å². The molecule has 0 amide bonds. The van der Waals surface area contributed by atoms with Crippen LogP contribution in [0.2, 0.25) is 0 Å². The van der Waals surface area contributed by atoms with Crippen LogP contribution >= 0.6 is 0 Å². The molecular weight excluding hydrogens is 324 g/mol. The Morgan fingerprint density at radius 1 is 1.08 bits per heavy atom. The lowest BCUT2D eigenvalue weighted by Crippen LogP contribution is -2.31. The Kier molecular flexibility index (Phi) is 5.90. The molecule has 6 nitrogen and oxygen atoms in total. The van der Waals surface area contributed by atoms with Crippen LogP contribution in [0.15, 0.2) is 30.5 Å². The zero-order valence-corrected chi connectivity index (χ0v) is 15.3. The molecule has 0 aliphatic rings. The number of benzene rings is 1. The van der Waals surface area contributed by atoms with Gasteiger partial charge in [-0.2, -0.15) is 0 Å². The summed E-state index contributed by atoms with van der Waals surface area (Å²) < 4.78 is 26.4. The normalized spacial score (nSPS) is 11.7. The molecule has 1 heterocycles. The number of hydrogen-bond donors (Lipinski definition) is 2. The van der Waals surface area contributed by atoms with Crippen LogP contribution in [-0.4, -0.2) is 24.4 Å². The summed E-state index contributed by atoms with van der Waals surface area (Å²) in [6.07, 6.45) is 1.79. The average Bonchev–Trinajstić information content (AvgIpc) is 2.48. The highest BCUT2D eigenvalue weighted by Crippen LogP contribution is 2.11. The topological polar surface area (TPSA) is 84.0 Å². The van der Waals surface area contributed by atoms with Gasteiger partial charge < -0.3 is 5.32 Å². The molecule has 0 saturated heterocycles. The van der Waals surface area contributed by atoms with Crippen LogP contribution in [0.4, 0.5) is 5.95 Å². The van der Waals surface area contributed by atoms with Crippen LogP contribution in [0.1, 0.15) is 36.2 Å². The van der Waals surface area contributed by atoms with Crippen LogP contribution in [0.25, 0.3) is 0 Å². The lowest BCUT2D eigenvalue weighted by Gasteiger charge is -2.10. The van der Waals surface area contributed by atoms with E-state index in [1.165, 1.54) is 0 Å². The molecular formula is C17H24N4O2S. The van der Waals surface area contributed by atoms with Crippen molar-refractivity contribution in [1.82, 2.24) is 14.7 Å². The van der Waals surface area contributed by atoms with Crippen molar-refractivity contribution >= 4 is 16.0 Å². The lowest BCUT2D eigenvalue weighted by molar-refractivity contribution is 0.569. The predicted octanol–water partition coefficient (Wildman–Crippen LogP) is 2.53. The van der Waals surface area contributed by atoms with E-state index < -0.39 is 10.0 Å². The van der Waals surface area contributed by atoms with Gasteiger partial charge >= 0.3 is 0 Å². The SMILES string of the molecule is Cc1cnc(NCc2ccc(CS(=O)(=O)NC(C)C)cc2)nc1C. The Bertz CT molecular complexity index is 787. The molecule has 0 unspecified atom stereocenters. The Balaban J connectivity index is 1.95. The van der Waals surface area contributed by atoms with Crippen molar-refractivity contribution in [3.63, 3.8) is 0 Å². The molecule has 7 heteroatoms. The second-order valence-corrected chi connectivity index (χ2v) is 7.92.